The normalized spacial score (nSPS) is 12.0. The highest BCUT2D eigenvalue weighted by atomic mass is 16.3. The number of anilines is 3. The molecule has 2 aromatic heterocycles. The van der Waals surface area contributed by atoms with Crippen molar-refractivity contribution in [1.82, 2.24) is 0 Å². The minimum Gasteiger partial charge on any atom is -0.456 e. The number of rotatable bonds is 3. The van der Waals surface area contributed by atoms with Gasteiger partial charge in [0, 0.05) is 44.4 Å². The number of benzene rings is 8. The number of fused-ring (bicyclic) bond motifs is 11. The van der Waals surface area contributed by atoms with Crippen LogP contribution in [0.1, 0.15) is 0 Å². The van der Waals surface area contributed by atoms with E-state index in [1.54, 1.807) is 0 Å². The van der Waals surface area contributed by atoms with E-state index in [0.29, 0.717) is 0 Å². The fourth-order valence-corrected chi connectivity index (χ4v) is 7.18. The lowest BCUT2D eigenvalue weighted by atomic mass is 9.94. The molecule has 0 atom stereocenters. The van der Waals surface area contributed by atoms with Gasteiger partial charge in [-0.1, -0.05) is 97.1 Å². The van der Waals surface area contributed by atoms with Crippen molar-refractivity contribution in [3.8, 4) is 0 Å². The summed E-state index contributed by atoms with van der Waals surface area (Å²) in [5.74, 6) is 0. The highest BCUT2D eigenvalue weighted by Crippen LogP contribution is 2.46. The maximum atomic E-state index is 6.39. The first-order valence-electron chi connectivity index (χ1n) is 15.3. The Morgan fingerprint density at radius 3 is 1.71 bits per heavy atom. The van der Waals surface area contributed by atoms with Crippen LogP contribution in [0.3, 0.4) is 0 Å². The molecule has 0 bridgehead atoms. The minimum atomic E-state index is 0.865. The molecule has 10 rings (SSSR count). The number of para-hydroxylation sites is 2. The van der Waals surface area contributed by atoms with Crippen LogP contribution in [0.2, 0.25) is 0 Å². The molecule has 0 amide bonds. The van der Waals surface area contributed by atoms with Crippen LogP contribution in [0.15, 0.2) is 160 Å². The van der Waals surface area contributed by atoms with E-state index in [9.17, 15) is 0 Å². The van der Waals surface area contributed by atoms with Gasteiger partial charge in [0.2, 0.25) is 0 Å². The van der Waals surface area contributed by atoms with Gasteiger partial charge in [-0.3, -0.25) is 0 Å². The van der Waals surface area contributed by atoms with E-state index in [-0.39, 0.29) is 0 Å². The Bertz CT molecular complexity index is 2780. The molecule has 0 aliphatic rings. The summed E-state index contributed by atoms with van der Waals surface area (Å²) in [6, 6.07) is 53.8. The zero-order chi connectivity index (χ0) is 29.5. The van der Waals surface area contributed by atoms with Crippen molar-refractivity contribution < 1.29 is 8.83 Å². The summed E-state index contributed by atoms with van der Waals surface area (Å²) in [6.07, 6.45) is 0. The van der Waals surface area contributed by atoms with Crippen LogP contribution in [-0.4, -0.2) is 0 Å². The van der Waals surface area contributed by atoms with Gasteiger partial charge >= 0.3 is 0 Å². The molecule has 8 aromatic carbocycles. The molecule has 0 fully saturated rings. The SMILES string of the molecule is c1ccc2c(c1)ccc1cc(N(c3ccc4c(c3)oc3ccccc34)c3ccc4oc5ccccc5c4c3)c3ccccc3c12. The van der Waals surface area contributed by atoms with Crippen molar-refractivity contribution in [2.45, 2.75) is 0 Å². The Morgan fingerprint density at radius 1 is 0.333 bits per heavy atom. The summed E-state index contributed by atoms with van der Waals surface area (Å²) in [4.78, 5) is 2.37. The van der Waals surface area contributed by atoms with Crippen LogP contribution in [-0.2, 0) is 0 Å². The zero-order valence-electron chi connectivity index (χ0n) is 24.2. The lowest BCUT2D eigenvalue weighted by molar-refractivity contribution is 0.668. The van der Waals surface area contributed by atoms with E-state index in [2.05, 4.69) is 132 Å². The third kappa shape index (κ3) is 3.58. The van der Waals surface area contributed by atoms with Crippen LogP contribution < -0.4 is 4.90 Å². The van der Waals surface area contributed by atoms with Crippen molar-refractivity contribution >= 4 is 93.3 Å². The molecular weight excluding hydrogens is 550 g/mol. The van der Waals surface area contributed by atoms with E-state index < -0.39 is 0 Å². The van der Waals surface area contributed by atoms with Gasteiger partial charge in [-0.15, -0.1) is 0 Å². The summed E-state index contributed by atoms with van der Waals surface area (Å²) in [5.41, 5.74) is 6.71. The maximum Gasteiger partial charge on any atom is 0.137 e. The molecule has 0 N–H and O–H groups in total. The van der Waals surface area contributed by atoms with Gasteiger partial charge in [0.1, 0.15) is 22.3 Å². The molecule has 0 aliphatic carbocycles. The average Bonchev–Trinajstić information content (AvgIpc) is 3.66. The molecule has 0 saturated carbocycles. The molecule has 210 valence electrons. The molecule has 0 aliphatic heterocycles. The van der Waals surface area contributed by atoms with Crippen molar-refractivity contribution in [3.63, 3.8) is 0 Å². The predicted octanol–water partition coefficient (Wildman–Crippen LogP) is 12.4. The molecule has 0 spiro atoms. The molecule has 0 saturated heterocycles. The van der Waals surface area contributed by atoms with E-state index in [1.807, 2.05) is 24.3 Å². The van der Waals surface area contributed by atoms with Crippen molar-refractivity contribution in [1.29, 1.82) is 0 Å². The van der Waals surface area contributed by atoms with Crippen LogP contribution in [0, 0.1) is 0 Å². The fourth-order valence-electron chi connectivity index (χ4n) is 7.18. The van der Waals surface area contributed by atoms with Gasteiger partial charge in [0.05, 0.1) is 5.69 Å². The van der Waals surface area contributed by atoms with Crippen molar-refractivity contribution in [2.75, 3.05) is 4.90 Å². The predicted molar refractivity (Wildman–Crippen MR) is 188 cm³/mol. The monoisotopic (exact) mass is 575 g/mol. The van der Waals surface area contributed by atoms with Gasteiger partial charge in [-0.25, -0.2) is 0 Å². The van der Waals surface area contributed by atoms with E-state index in [4.69, 9.17) is 8.83 Å². The van der Waals surface area contributed by atoms with Crippen molar-refractivity contribution in [2.24, 2.45) is 0 Å². The first-order chi connectivity index (χ1) is 22.3. The van der Waals surface area contributed by atoms with E-state index in [1.165, 1.54) is 32.3 Å². The Balaban J connectivity index is 1.30. The second kappa shape index (κ2) is 9.22. The Kier molecular flexibility index (Phi) is 5.00. The Morgan fingerprint density at radius 2 is 0.889 bits per heavy atom. The molecule has 45 heavy (non-hydrogen) atoms. The van der Waals surface area contributed by atoms with Crippen LogP contribution in [0.4, 0.5) is 17.1 Å². The lowest BCUT2D eigenvalue weighted by Gasteiger charge is -2.28. The maximum absolute atomic E-state index is 6.39. The van der Waals surface area contributed by atoms with E-state index in [0.717, 1.165) is 60.9 Å². The molecule has 10 aromatic rings. The molecule has 0 unspecified atom stereocenters. The van der Waals surface area contributed by atoms with Gasteiger partial charge in [0.25, 0.3) is 0 Å². The third-order valence-corrected chi connectivity index (χ3v) is 9.21. The minimum absolute atomic E-state index is 0.865. The third-order valence-electron chi connectivity index (χ3n) is 9.21. The second-order valence-electron chi connectivity index (χ2n) is 11.7. The van der Waals surface area contributed by atoms with Crippen LogP contribution in [0.5, 0.6) is 0 Å². The largest absolute Gasteiger partial charge is 0.456 e. The number of furan rings is 2. The topological polar surface area (TPSA) is 29.5 Å². The highest BCUT2D eigenvalue weighted by Gasteiger charge is 2.21. The summed E-state index contributed by atoms with van der Waals surface area (Å²) in [7, 11) is 0. The Hall–Kier alpha value is -6.06. The van der Waals surface area contributed by atoms with Crippen molar-refractivity contribution in [3.05, 3.63) is 152 Å². The van der Waals surface area contributed by atoms with Crippen LogP contribution >= 0.6 is 0 Å². The van der Waals surface area contributed by atoms with Gasteiger partial charge < -0.3 is 13.7 Å². The highest BCUT2D eigenvalue weighted by molar-refractivity contribution is 6.24. The summed E-state index contributed by atoms with van der Waals surface area (Å²) in [5, 5.41) is 11.8. The molecule has 3 nitrogen and oxygen atoms in total. The molecular formula is C42H25NO2. The second-order valence-corrected chi connectivity index (χ2v) is 11.7. The van der Waals surface area contributed by atoms with Crippen LogP contribution in [0.25, 0.3) is 76.2 Å². The van der Waals surface area contributed by atoms with Gasteiger partial charge in [0.15, 0.2) is 0 Å². The first-order valence-corrected chi connectivity index (χ1v) is 15.3. The zero-order valence-corrected chi connectivity index (χ0v) is 24.2. The molecule has 0 radical (unpaired) electrons. The fraction of sp³-hybridized carbons (Fsp3) is 0. The summed E-state index contributed by atoms with van der Waals surface area (Å²) >= 11 is 0. The quantitative estimate of drug-likeness (QED) is 0.196. The number of hydrogen-bond acceptors (Lipinski definition) is 3. The molecule has 3 heteroatoms. The molecule has 2 heterocycles. The van der Waals surface area contributed by atoms with Gasteiger partial charge in [-0.05, 0) is 75.5 Å². The number of nitrogens with zero attached hydrogens (tertiary/aromatic N) is 1. The smallest absolute Gasteiger partial charge is 0.137 e. The van der Waals surface area contributed by atoms with Gasteiger partial charge in [-0.2, -0.15) is 0 Å². The average molecular weight is 576 g/mol. The lowest BCUT2D eigenvalue weighted by Crippen LogP contribution is -2.10. The number of hydrogen-bond donors (Lipinski definition) is 0. The summed E-state index contributed by atoms with van der Waals surface area (Å²) in [6.45, 7) is 0. The van der Waals surface area contributed by atoms with E-state index >= 15 is 0 Å². The summed E-state index contributed by atoms with van der Waals surface area (Å²) < 4.78 is 12.6. The first kappa shape index (κ1) is 24.4. The Labute approximate surface area is 258 Å². The standard InChI is InChI=1S/C42H25NO2/c1-2-10-30-26(9-1)17-18-27-23-37(31-11-3-4-14-35(31)42(27)30)43(28-20-22-40-36(24-28)33-13-6-8-16-39(33)44-40)29-19-21-34-32-12-5-7-15-38(32)45-41(34)25-29/h1-25H.